The Morgan fingerprint density at radius 3 is 2.64 bits per heavy atom. The number of nitrogens with one attached hydrogen (secondary N) is 2. The van der Waals surface area contributed by atoms with Crippen LogP contribution in [0.3, 0.4) is 0 Å². The Labute approximate surface area is 193 Å². The highest BCUT2D eigenvalue weighted by atomic mass is 32.2. The topological polar surface area (TPSA) is 139 Å². The van der Waals surface area contributed by atoms with E-state index in [1.807, 2.05) is 0 Å². The number of carbonyl (C=O) groups is 2. The smallest absolute Gasteiger partial charge is 0.280 e. The van der Waals surface area contributed by atoms with Gasteiger partial charge in [-0.2, -0.15) is 4.39 Å². The van der Waals surface area contributed by atoms with Gasteiger partial charge in [-0.1, -0.05) is 28.6 Å². The molecule has 11 nitrogen and oxygen atoms in total. The number of oxime groups is 1. The quantitative estimate of drug-likeness (QED) is 0.384. The fourth-order valence-electron chi connectivity index (χ4n) is 2.61. The summed E-state index contributed by atoms with van der Waals surface area (Å²) in [7, 11) is -0.936. The molecule has 14 heteroatoms. The van der Waals surface area contributed by atoms with Crippen molar-refractivity contribution in [1.29, 1.82) is 0 Å². The van der Waals surface area contributed by atoms with Crippen LogP contribution in [-0.4, -0.2) is 75.8 Å². The molecule has 0 spiro atoms. The molecular weight excluding hydrogens is 477 g/mol. The van der Waals surface area contributed by atoms with E-state index in [1.54, 1.807) is 0 Å². The normalized spacial score (nSPS) is 16.5. The van der Waals surface area contributed by atoms with Gasteiger partial charge in [-0.15, -0.1) is 0 Å². The molecule has 1 fully saturated rings. The van der Waals surface area contributed by atoms with E-state index >= 15 is 0 Å². The Kier molecular flexibility index (Phi) is 8.07. The molecule has 3 rings (SSSR count). The monoisotopic (exact) mass is 499 g/mol. The molecule has 0 bridgehead atoms. The molecule has 1 aliphatic heterocycles. The van der Waals surface area contributed by atoms with Crippen LogP contribution in [0.5, 0.6) is 0 Å². The maximum absolute atomic E-state index is 13.2. The summed E-state index contributed by atoms with van der Waals surface area (Å²) in [4.78, 5) is 34.7. The number of hydrogen-bond acceptors (Lipinski definition) is 9. The van der Waals surface area contributed by atoms with E-state index in [9.17, 15) is 22.4 Å². The summed E-state index contributed by atoms with van der Waals surface area (Å²) in [6.07, 6.45) is 1.24. The Hall–Kier alpha value is -2.94. The van der Waals surface area contributed by atoms with Crippen molar-refractivity contribution in [3.63, 3.8) is 0 Å². The van der Waals surface area contributed by atoms with Crippen LogP contribution in [0.2, 0.25) is 0 Å². The first kappa shape index (κ1) is 24.7. The zero-order valence-corrected chi connectivity index (χ0v) is 19.4. The summed E-state index contributed by atoms with van der Waals surface area (Å²) in [5, 5.41) is 5.84. The summed E-state index contributed by atoms with van der Waals surface area (Å²) in [6, 6.07) is 5.28. The van der Waals surface area contributed by atoms with Crippen molar-refractivity contribution in [3.05, 3.63) is 41.2 Å². The number of anilines is 1. The number of carbonyl (C=O) groups excluding carboxylic acids is 2. The van der Waals surface area contributed by atoms with Crippen molar-refractivity contribution < 1.29 is 32.0 Å². The highest BCUT2D eigenvalue weighted by molar-refractivity contribution is 7.89. The van der Waals surface area contributed by atoms with Gasteiger partial charge in [0.1, 0.15) is 0 Å². The van der Waals surface area contributed by atoms with E-state index in [1.165, 1.54) is 43.3 Å². The molecule has 178 valence electrons. The minimum Gasteiger partial charge on any atom is -0.389 e. The number of likely N-dealkylation sites (N-methyl/N-ethyl adjacent to an activating group) is 1. The van der Waals surface area contributed by atoms with Gasteiger partial charge in [-0.25, -0.2) is 18.1 Å². The zero-order valence-electron chi connectivity index (χ0n) is 17.8. The van der Waals surface area contributed by atoms with E-state index in [0.717, 1.165) is 6.20 Å². The molecule has 1 aromatic carbocycles. The summed E-state index contributed by atoms with van der Waals surface area (Å²) in [6.45, 7) is 0.439. The van der Waals surface area contributed by atoms with Crippen molar-refractivity contribution in [3.8, 4) is 0 Å². The average Bonchev–Trinajstić information content (AvgIpc) is 3.44. The number of thiazole rings is 1. The molecule has 1 saturated heterocycles. The number of aromatic nitrogens is 1. The second-order valence-corrected chi connectivity index (χ2v) is 9.84. The molecule has 2 heterocycles. The minimum atomic E-state index is -3.96. The predicted molar refractivity (Wildman–Crippen MR) is 118 cm³/mol. The first-order valence-electron chi connectivity index (χ1n) is 9.70. The molecule has 2 amide bonds. The highest BCUT2D eigenvalue weighted by Crippen LogP contribution is 2.18. The number of benzene rings is 1. The van der Waals surface area contributed by atoms with Gasteiger partial charge in [0.15, 0.2) is 22.1 Å². The number of rotatable bonds is 9. The molecule has 2 aromatic rings. The fraction of sp³-hybridized carbons (Fsp3) is 0.368. The van der Waals surface area contributed by atoms with E-state index in [2.05, 4.69) is 20.2 Å². The van der Waals surface area contributed by atoms with E-state index in [4.69, 9.17) is 9.57 Å². The Balaban J connectivity index is 1.80. The molecule has 2 N–H and O–H groups in total. The molecule has 1 atom stereocenters. The van der Waals surface area contributed by atoms with Crippen molar-refractivity contribution in [2.45, 2.75) is 17.4 Å². The molecule has 33 heavy (non-hydrogen) atoms. The lowest BCUT2D eigenvalue weighted by Crippen LogP contribution is -2.36. The number of hydrogen-bond donors (Lipinski definition) is 2. The molecule has 0 aliphatic carbocycles. The van der Waals surface area contributed by atoms with Crippen LogP contribution in [0.4, 0.5) is 9.52 Å². The number of halogens is 1. The number of nitrogens with zero attached hydrogens (tertiary/aromatic N) is 3. The average molecular weight is 500 g/mol. The van der Waals surface area contributed by atoms with Crippen molar-refractivity contribution >= 4 is 44.0 Å². The van der Waals surface area contributed by atoms with Gasteiger partial charge in [0.25, 0.3) is 5.91 Å². The first-order chi connectivity index (χ1) is 15.7. The SMILES string of the molecule is CN(C)C(=O)CNS(=O)(=O)c1ccc(C(=NO[C@@H]2CCOC2)C(=O)Nc2ncc(F)s2)cc1. The molecular formula is C19H22FN5O6S2. The van der Waals surface area contributed by atoms with Crippen LogP contribution in [0.15, 0.2) is 40.5 Å². The molecule has 0 unspecified atom stereocenters. The van der Waals surface area contributed by atoms with Crippen molar-refractivity contribution in [1.82, 2.24) is 14.6 Å². The summed E-state index contributed by atoms with van der Waals surface area (Å²) in [5.41, 5.74) is 0.101. The third-order valence-electron chi connectivity index (χ3n) is 4.44. The van der Waals surface area contributed by atoms with Crippen LogP contribution in [0, 0.1) is 5.13 Å². The predicted octanol–water partition coefficient (Wildman–Crippen LogP) is 0.797. The van der Waals surface area contributed by atoms with Gasteiger partial charge < -0.3 is 14.5 Å². The maximum atomic E-state index is 13.2. The zero-order chi connectivity index (χ0) is 24.0. The van der Waals surface area contributed by atoms with Crippen LogP contribution in [0.1, 0.15) is 12.0 Å². The van der Waals surface area contributed by atoms with Crippen LogP contribution in [-0.2, 0) is 29.2 Å². The lowest BCUT2D eigenvalue weighted by Gasteiger charge is -2.12. The lowest BCUT2D eigenvalue weighted by molar-refractivity contribution is -0.127. The number of sulfonamides is 1. The second kappa shape index (κ2) is 10.8. The molecule has 1 aromatic heterocycles. The van der Waals surface area contributed by atoms with Crippen molar-refractivity contribution in [2.24, 2.45) is 5.16 Å². The van der Waals surface area contributed by atoms with Crippen molar-refractivity contribution in [2.75, 3.05) is 39.2 Å². The highest BCUT2D eigenvalue weighted by Gasteiger charge is 2.22. The largest absolute Gasteiger partial charge is 0.389 e. The third-order valence-corrected chi connectivity index (χ3v) is 6.56. The molecule has 0 saturated carbocycles. The fourth-order valence-corrected chi connectivity index (χ4v) is 4.12. The summed E-state index contributed by atoms with van der Waals surface area (Å²) >= 11 is 0.644. The van der Waals surface area contributed by atoms with Gasteiger partial charge in [0.05, 0.1) is 30.9 Å². The van der Waals surface area contributed by atoms with E-state index < -0.39 is 33.5 Å². The maximum Gasteiger partial charge on any atom is 0.280 e. The van der Waals surface area contributed by atoms with Gasteiger partial charge in [0, 0.05) is 26.1 Å². The minimum absolute atomic E-state index is 0.0309. The Bertz CT molecular complexity index is 1130. The Morgan fingerprint density at radius 2 is 2.06 bits per heavy atom. The van der Waals surface area contributed by atoms with Gasteiger partial charge >= 0.3 is 0 Å². The van der Waals surface area contributed by atoms with Gasteiger partial charge in [-0.05, 0) is 12.1 Å². The van der Waals surface area contributed by atoms with E-state index in [-0.39, 0.29) is 27.4 Å². The molecule has 1 aliphatic rings. The first-order valence-corrected chi connectivity index (χ1v) is 12.0. The van der Waals surface area contributed by atoms with Crippen LogP contribution < -0.4 is 10.0 Å². The van der Waals surface area contributed by atoms with Gasteiger partial charge in [-0.3, -0.25) is 14.9 Å². The number of ether oxygens (including phenoxy) is 1. The third kappa shape index (κ3) is 6.77. The molecule has 0 radical (unpaired) electrons. The summed E-state index contributed by atoms with van der Waals surface area (Å²) in [5.74, 6) is -1.12. The number of amides is 2. The van der Waals surface area contributed by atoms with E-state index in [0.29, 0.717) is 31.0 Å². The summed E-state index contributed by atoms with van der Waals surface area (Å²) < 4.78 is 45.5. The van der Waals surface area contributed by atoms with Gasteiger partial charge in [0.2, 0.25) is 15.9 Å². The van der Waals surface area contributed by atoms with Crippen LogP contribution in [0.25, 0.3) is 0 Å². The lowest BCUT2D eigenvalue weighted by atomic mass is 10.1. The second-order valence-electron chi connectivity index (χ2n) is 7.09. The standard InChI is InChI=1S/C19H22FN5O6S2/c1-25(2)16(26)10-22-33(28,29)14-5-3-12(4-6-14)17(24-31-13-7-8-30-11-13)18(27)23-19-21-9-15(20)32-19/h3-6,9,13,22H,7-8,10-11H2,1-2H3,(H,21,23,27)/t13-/m1/s1. The Morgan fingerprint density at radius 1 is 1.33 bits per heavy atom. The van der Waals surface area contributed by atoms with Crippen LogP contribution >= 0.6 is 11.3 Å².